The molecule has 10 heteroatoms. The number of carbonyl (C=O) groups is 2. The standard InChI is InChI=1S/C63H112NO8P/c1-6-8-10-12-14-16-18-19-20-21-22-23-24-25-26-27-28-29-30-31-32-33-34-35-36-37-38-39-40-41-42-43-44-45-46-48-50-52-54-56-63(66)72-61(60-71-73(67,68)70-58-57-64(3,4)5)59-69-62(65)55-53-51-49-47-17-15-13-11-9-7-2/h8,10-11,13-14,16,19-20,22-23,25-26,28-29,61H,6-7,9,12,15,17-18,21,24,27,30-60H2,1-5H3/p+1/b10-8-,13-11-,16-14-,20-19-,23-22-,26-25-,29-28-. The highest BCUT2D eigenvalue weighted by Gasteiger charge is 2.27. The number of hydrogen-bond acceptors (Lipinski definition) is 7. The second kappa shape index (κ2) is 54.0. The first-order valence-corrected chi connectivity index (χ1v) is 31.3. The van der Waals surface area contributed by atoms with Gasteiger partial charge in [0.15, 0.2) is 6.10 Å². The van der Waals surface area contributed by atoms with Crippen LogP contribution in [0.1, 0.15) is 251 Å². The van der Waals surface area contributed by atoms with Crippen LogP contribution < -0.4 is 0 Å². The molecule has 2 unspecified atom stereocenters. The van der Waals surface area contributed by atoms with Gasteiger partial charge in [0.25, 0.3) is 0 Å². The zero-order valence-electron chi connectivity index (χ0n) is 47.9. The van der Waals surface area contributed by atoms with Crippen molar-refractivity contribution in [1.29, 1.82) is 0 Å². The molecule has 73 heavy (non-hydrogen) atoms. The summed E-state index contributed by atoms with van der Waals surface area (Å²) in [7, 11) is 1.47. The Kier molecular flexibility index (Phi) is 51.9. The van der Waals surface area contributed by atoms with E-state index in [1.54, 1.807) is 0 Å². The second-order valence-corrected chi connectivity index (χ2v) is 22.5. The first-order valence-electron chi connectivity index (χ1n) is 29.8. The molecule has 0 rings (SSSR count). The summed E-state index contributed by atoms with van der Waals surface area (Å²) in [4.78, 5) is 35.5. The van der Waals surface area contributed by atoms with Crippen LogP contribution in [0.3, 0.4) is 0 Å². The van der Waals surface area contributed by atoms with Crippen molar-refractivity contribution >= 4 is 19.8 Å². The monoisotopic (exact) mass is 1040 g/mol. The van der Waals surface area contributed by atoms with Crippen molar-refractivity contribution in [3.05, 3.63) is 85.1 Å². The molecule has 0 aromatic rings. The Hall–Kier alpha value is -2.81. The Labute approximate surface area is 450 Å². The molecule has 0 saturated carbocycles. The van der Waals surface area contributed by atoms with E-state index in [-0.39, 0.29) is 32.0 Å². The fourth-order valence-electron chi connectivity index (χ4n) is 8.08. The van der Waals surface area contributed by atoms with E-state index in [2.05, 4.69) is 98.9 Å². The molecule has 0 aromatic heterocycles. The number of esters is 2. The third kappa shape index (κ3) is 58.3. The number of quaternary nitrogens is 1. The van der Waals surface area contributed by atoms with Crippen molar-refractivity contribution in [2.24, 2.45) is 0 Å². The summed E-state index contributed by atoms with van der Waals surface area (Å²) < 4.78 is 34.4. The fourth-order valence-corrected chi connectivity index (χ4v) is 8.82. The van der Waals surface area contributed by atoms with Crippen molar-refractivity contribution in [3.63, 3.8) is 0 Å². The van der Waals surface area contributed by atoms with Crippen LogP contribution in [0.15, 0.2) is 85.1 Å². The average Bonchev–Trinajstić information content (AvgIpc) is 3.35. The highest BCUT2D eigenvalue weighted by Crippen LogP contribution is 2.43. The lowest BCUT2D eigenvalue weighted by molar-refractivity contribution is -0.870. The van der Waals surface area contributed by atoms with Gasteiger partial charge in [0.05, 0.1) is 27.7 Å². The Morgan fingerprint density at radius 2 is 0.781 bits per heavy atom. The van der Waals surface area contributed by atoms with Crippen LogP contribution in [0.25, 0.3) is 0 Å². The Morgan fingerprint density at radius 3 is 1.18 bits per heavy atom. The first-order chi connectivity index (χ1) is 35.5. The van der Waals surface area contributed by atoms with Gasteiger partial charge in [-0.3, -0.25) is 18.6 Å². The molecule has 0 aliphatic rings. The number of phosphoric acid groups is 1. The van der Waals surface area contributed by atoms with Gasteiger partial charge in [0.1, 0.15) is 19.8 Å². The average molecular weight is 1040 g/mol. The van der Waals surface area contributed by atoms with Gasteiger partial charge in [0.2, 0.25) is 0 Å². The van der Waals surface area contributed by atoms with Gasteiger partial charge in [0, 0.05) is 12.8 Å². The zero-order chi connectivity index (χ0) is 53.5. The highest BCUT2D eigenvalue weighted by molar-refractivity contribution is 7.47. The van der Waals surface area contributed by atoms with E-state index in [1.807, 2.05) is 21.1 Å². The highest BCUT2D eigenvalue weighted by atomic mass is 31.2. The summed E-state index contributed by atoms with van der Waals surface area (Å²) in [6, 6.07) is 0. The maximum atomic E-state index is 12.8. The molecule has 0 radical (unpaired) electrons. The van der Waals surface area contributed by atoms with E-state index >= 15 is 0 Å². The van der Waals surface area contributed by atoms with Gasteiger partial charge in [-0.15, -0.1) is 0 Å². The van der Waals surface area contributed by atoms with Crippen LogP contribution in [0.2, 0.25) is 0 Å². The molecule has 0 fully saturated rings. The molecule has 0 bridgehead atoms. The number of carbonyl (C=O) groups excluding carboxylic acids is 2. The molecule has 9 nitrogen and oxygen atoms in total. The van der Waals surface area contributed by atoms with Gasteiger partial charge in [-0.1, -0.05) is 240 Å². The molecule has 0 aliphatic carbocycles. The van der Waals surface area contributed by atoms with E-state index in [0.29, 0.717) is 17.4 Å². The number of hydrogen-bond donors (Lipinski definition) is 1. The van der Waals surface area contributed by atoms with Crippen molar-refractivity contribution in [3.8, 4) is 0 Å². The van der Waals surface area contributed by atoms with Gasteiger partial charge in [-0.2, -0.15) is 0 Å². The summed E-state index contributed by atoms with van der Waals surface area (Å²) in [5, 5.41) is 0. The maximum Gasteiger partial charge on any atom is 0.472 e. The molecular weight excluding hydrogens is 930 g/mol. The minimum atomic E-state index is -4.38. The predicted molar refractivity (Wildman–Crippen MR) is 312 cm³/mol. The number of likely N-dealkylation sites (N-methyl/N-ethyl adjacent to an activating group) is 1. The quantitative estimate of drug-likeness (QED) is 0.0211. The zero-order valence-corrected chi connectivity index (χ0v) is 48.7. The topological polar surface area (TPSA) is 108 Å². The van der Waals surface area contributed by atoms with Crippen LogP contribution in [-0.2, 0) is 32.7 Å². The minimum Gasteiger partial charge on any atom is -0.462 e. The molecule has 422 valence electrons. The predicted octanol–water partition coefficient (Wildman–Crippen LogP) is 18.6. The molecule has 0 aliphatic heterocycles. The van der Waals surface area contributed by atoms with E-state index in [1.165, 1.54) is 122 Å². The lowest BCUT2D eigenvalue weighted by Crippen LogP contribution is -2.37. The third-order valence-electron chi connectivity index (χ3n) is 12.6. The maximum absolute atomic E-state index is 12.8. The smallest absolute Gasteiger partial charge is 0.462 e. The van der Waals surface area contributed by atoms with Crippen LogP contribution in [-0.4, -0.2) is 74.9 Å². The van der Waals surface area contributed by atoms with Crippen LogP contribution in [0.4, 0.5) is 0 Å². The number of allylic oxidation sites excluding steroid dienone is 14. The molecule has 1 N–H and O–H groups in total. The minimum absolute atomic E-state index is 0.0296. The number of rotatable bonds is 54. The SMILES string of the molecule is CC/C=C\C/C=C\C/C=C\C/C=C\C/C=C\C/C=C\CCCCCCCCCCCCCCCCCCCCCCC(=O)OC(COC(=O)CCCCCCC/C=C\CCC)COP(=O)(O)OCC[N+](C)(C)C. The number of phosphoric ester groups is 1. The van der Waals surface area contributed by atoms with Crippen molar-refractivity contribution < 1.29 is 42.1 Å². The van der Waals surface area contributed by atoms with Crippen molar-refractivity contribution in [2.45, 2.75) is 258 Å². The molecule has 2 atom stereocenters. The van der Waals surface area contributed by atoms with Crippen molar-refractivity contribution in [2.75, 3.05) is 47.5 Å². The Balaban J connectivity index is 3.90. The molecule has 0 spiro atoms. The van der Waals surface area contributed by atoms with E-state index in [0.717, 1.165) is 96.3 Å². The lowest BCUT2D eigenvalue weighted by Gasteiger charge is -2.24. The number of ether oxygens (including phenoxy) is 2. The fraction of sp³-hybridized carbons (Fsp3) is 0.746. The third-order valence-corrected chi connectivity index (χ3v) is 13.6. The number of unbranched alkanes of at least 4 members (excludes halogenated alkanes) is 26. The van der Waals surface area contributed by atoms with Crippen molar-refractivity contribution in [1.82, 2.24) is 0 Å². The van der Waals surface area contributed by atoms with Crippen LogP contribution in [0, 0.1) is 0 Å². The van der Waals surface area contributed by atoms with E-state index < -0.39 is 26.5 Å². The van der Waals surface area contributed by atoms with Gasteiger partial charge in [-0.25, -0.2) is 4.57 Å². The first kappa shape index (κ1) is 70.2. The molecule has 0 saturated heterocycles. The van der Waals surface area contributed by atoms with Gasteiger partial charge >= 0.3 is 19.8 Å². The molecule has 0 amide bonds. The summed E-state index contributed by atoms with van der Waals surface area (Å²) in [5.74, 6) is -0.806. The second-order valence-electron chi connectivity index (χ2n) is 21.0. The van der Waals surface area contributed by atoms with E-state index in [4.69, 9.17) is 18.5 Å². The number of nitrogens with zero attached hydrogens (tertiary/aromatic N) is 1. The summed E-state index contributed by atoms with van der Waals surface area (Å²) >= 11 is 0. The Bertz CT molecular complexity index is 1510. The Morgan fingerprint density at radius 1 is 0.438 bits per heavy atom. The van der Waals surface area contributed by atoms with E-state index in [9.17, 15) is 19.0 Å². The molecule has 0 heterocycles. The van der Waals surface area contributed by atoms with Gasteiger partial charge in [-0.05, 0) is 83.5 Å². The summed E-state index contributed by atoms with van der Waals surface area (Å²) in [6.45, 7) is 4.25. The van der Waals surface area contributed by atoms with Crippen LogP contribution >= 0.6 is 7.82 Å². The summed E-state index contributed by atoms with van der Waals surface area (Å²) in [6.07, 6.45) is 72.6. The molecular formula is C63H113NO8P+. The molecule has 0 aromatic carbocycles. The largest absolute Gasteiger partial charge is 0.472 e. The lowest BCUT2D eigenvalue weighted by atomic mass is 10.0. The van der Waals surface area contributed by atoms with Crippen LogP contribution in [0.5, 0.6) is 0 Å². The normalized spacial score (nSPS) is 13.9. The van der Waals surface area contributed by atoms with Gasteiger partial charge < -0.3 is 18.9 Å². The summed E-state index contributed by atoms with van der Waals surface area (Å²) in [5.41, 5.74) is 0.